The molecule has 2 aliphatic carbocycles. The van der Waals surface area contributed by atoms with Crippen molar-refractivity contribution >= 4 is 22.7 Å². The van der Waals surface area contributed by atoms with Gasteiger partial charge in [0.05, 0.1) is 6.61 Å². The fourth-order valence-electron chi connectivity index (χ4n) is 5.13. The molecule has 0 amide bonds. The van der Waals surface area contributed by atoms with Crippen molar-refractivity contribution in [3.05, 3.63) is 113 Å². The molecule has 0 aliphatic heterocycles. The number of esters is 1. The van der Waals surface area contributed by atoms with Gasteiger partial charge in [-0.2, -0.15) is 0 Å². The number of allylic oxidation sites excluding steroid dienone is 3. The lowest BCUT2D eigenvalue weighted by molar-refractivity contribution is -0.138. The third-order valence-corrected chi connectivity index (χ3v) is 6.20. The molecular formula is C28H24O2. The SMILES string of the molecule is CCOC(=O)C1=C(c2ccccc2)C2CC1C(c1ccccc1)=C2c1ccccc1. The summed E-state index contributed by atoms with van der Waals surface area (Å²) in [5.74, 6) is 0.0701. The molecule has 0 saturated heterocycles. The fraction of sp³-hybridized carbons (Fsp3) is 0.179. The van der Waals surface area contributed by atoms with Crippen LogP contribution in [0.4, 0.5) is 0 Å². The Morgan fingerprint density at radius 1 is 0.700 bits per heavy atom. The van der Waals surface area contributed by atoms with Gasteiger partial charge in [-0.3, -0.25) is 0 Å². The first-order valence-electron chi connectivity index (χ1n) is 10.6. The monoisotopic (exact) mass is 392 g/mol. The zero-order chi connectivity index (χ0) is 20.5. The van der Waals surface area contributed by atoms with Crippen LogP contribution in [0.25, 0.3) is 16.7 Å². The average Bonchev–Trinajstić information content (AvgIpc) is 3.37. The molecule has 2 atom stereocenters. The van der Waals surface area contributed by atoms with E-state index in [9.17, 15) is 4.79 Å². The Morgan fingerprint density at radius 2 is 1.13 bits per heavy atom. The predicted octanol–water partition coefficient (Wildman–Crippen LogP) is 6.26. The molecule has 2 heteroatoms. The Balaban J connectivity index is 1.74. The van der Waals surface area contributed by atoms with Gasteiger partial charge in [0, 0.05) is 17.4 Å². The lowest BCUT2D eigenvalue weighted by Gasteiger charge is -2.26. The maximum atomic E-state index is 13.1. The molecule has 30 heavy (non-hydrogen) atoms. The van der Waals surface area contributed by atoms with Crippen molar-refractivity contribution in [2.24, 2.45) is 11.8 Å². The predicted molar refractivity (Wildman–Crippen MR) is 121 cm³/mol. The summed E-state index contributed by atoms with van der Waals surface area (Å²) in [4.78, 5) is 13.1. The van der Waals surface area contributed by atoms with Crippen LogP contribution in [0.3, 0.4) is 0 Å². The van der Waals surface area contributed by atoms with Gasteiger partial charge in [-0.05, 0) is 46.8 Å². The van der Waals surface area contributed by atoms with E-state index in [4.69, 9.17) is 4.74 Å². The Kier molecular flexibility index (Phi) is 4.84. The van der Waals surface area contributed by atoms with Crippen molar-refractivity contribution in [1.82, 2.24) is 0 Å². The van der Waals surface area contributed by atoms with Crippen molar-refractivity contribution in [3.8, 4) is 0 Å². The highest BCUT2D eigenvalue weighted by Gasteiger charge is 2.48. The van der Waals surface area contributed by atoms with E-state index < -0.39 is 0 Å². The summed E-state index contributed by atoms with van der Waals surface area (Å²) >= 11 is 0. The average molecular weight is 392 g/mol. The number of hydrogen-bond donors (Lipinski definition) is 0. The summed E-state index contributed by atoms with van der Waals surface area (Å²) in [6.07, 6.45) is 0.923. The van der Waals surface area contributed by atoms with Crippen LogP contribution in [0, 0.1) is 11.8 Å². The summed E-state index contributed by atoms with van der Waals surface area (Å²) in [6.45, 7) is 2.26. The standard InChI is InChI=1S/C28H24O2/c1-2-30-28(29)27-23-18-22(26(27)21-16-10-5-11-17-21)24(19-12-6-3-7-13-19)25(23)20-14-8-4-9-15-20/h3-17,22-23H,2,18H2,1H3. The number of hydrogen-bond acceptors (Lipinski definition) is 2. The van der Waals surface area contributed by atoms with Crippen molar-refractivity contribution in [3.63, 3.8) is 0 Å². The molecular weight excluding hydrogens is 368 g/mol. The molecule has 3 aromatic rings. The minimum Gasteiger partial charge on any atom is -0.463 e. The molecule has 0 heterocycles. The molecule has 0 N–H and O–H groups in total. The van der Waals surface area contributed by atoms with E-state index >= 15 is 0 Å². The van der Waals surface area contributed by atoms with E-state index in [2.05, 4.69) is 66.7 Å². The molecule has 2 aliphatic rings. The van der Waals surface area contributed by atoms with Crippen molar-refractivity contribution in [2.75, 3.05) is 6.61 Å². The smallest absolute Gasteiger partial charge is 0.334 e. The van der Waals surface area contributed by atoms with E-state index in [0.717, 1.165) is 23.1 Å². The first-order chi connectivity index (χ1) is 14.8. The highest BCUT2D eigenvalue weighted by atomic mass is 16.5. The highest BCUT2D eigenvalue weighted by molar-refractivity contribution is 6.13. The topological polar surface area (TPSA) is 26.3 Å². The third-order valence-electron chi connectivity index (χ3n) is 6.20. The fourth-order valence-corrected chi connectivity index (χ4v) is 5.13. The lowest BCUT2D eigenvalue weighted by atomic mass is 9.78. The van der Waals surface area contributed by atoms with E-state index in [1.165, 1.54) is 22.3 Å². The van der Waals surface area contributed by atoms with Gasteiger partial charge < -0.3 is 4.74 Å². The van der Waals surface area contributed by atoms with Crippen molar-refractivity contribution in [2.45, 2.75) is 13.3 Å². The molecule has 2 unspecified atom stereocenters. The minimum absolute atomic E-state index is 0.0573. The van der Waals surface area contributed by atoms with Gasteiger partial charge in [0.25, 0.3) is 0 Å². The van der Waals surface area contributed by atoms with Crippen LogP contribution in [0.15, 0.2) is 96.6 Å². The molecule has 3 aromatic carbocycles. The van der Waals surface area contributed by atoms with Gasteiger partial charge in [-0.1, -0.05) is 91.0 Å². The quantitative estimate of drug-likeness (QED) is 0.479. The van der Waals surface area contributed by atoms with Gasteiger partial charge in [0.2, 0.25) is 0 Å². The van der Waals surface area contributed by atoms with Gasteiger partial charge in [0.15, 0.2) is 0 Å². The first-order valence-corrected chi connectivity index (χ1v) is 10.6. The van der Waals surface area contributed by atoms with E-state index in [-0.39, 0.29) is 17.8 Å². The molecule has 2 bridgehead atoms. The van der Waals surface area contributed by atoms with Crippen LogP contribution in [0.5, 0.6) is 0 Å². The van der Waals surface area contributed by atoms with Crippen molar-refractivity contribution in [1.29, 1.82) is 0 Å². The molecule has 0 fully saturated rings. The second-order valence-corrected chi connectivity index (χ2v) is 7.81. The summed E-state index contributed by atoms with van der Waals surface area (Å²) < 4.78 is 5.54. The second-order valence-electron chi connectivity index (χ2n) is 7.81. The molecule has 0 saturated carbocycles. The van der Waals surface area contributed by atoms with E-state index in [0.29, 0.717) is 6.61 Å². The van der Waals surface area contributed by atoms with Crippen LogP contribution in [0.1, 0.15) is 30.0 Å². The summed E-state index contributed by atoms with van der Waals surface area (Å²) in [6, 6.07) is 31.4. The number of rotatable bonds is 5. The van der Waals surface area contributed by atoms with E-state index in [1.54, 1.807) is 0 Å². The van der Waals surface area contributed by atoms with Crippen molar-refractivity contribution < 1.29 is 9.53 Å². The summed E-state index contributed by atoms with van der Waals surface area (Å²) in [5.41, 5.74) is 8.14. The normalized spacial score (nSPS) is 20.0. The van der Waals surface area contributed by atoms with Gasteiger partial charge in [0.1, 0.15) is 0 Å². The number of carbonyl (C=O) groups excluding carboxylic acids is 1. The van der Waals surface area contributed by atoms with Crippen LogP contribution in [-0.4, -0.2) is 12.6 Å². The second kappa shape index (κ2) is 7.79. The van der Waals surface area contributed by atoms with Crippen LogP contribution in [0.2, 0.25) is 0 Å². The molecule has 2 nitrogen and oxygen atoms in total. The first kappa shape index (κ1) is 18.6. The zero-order valence-corrected chi connectivity index (χ0v) is 17.0. The number of benzene rings is 3. The molecule has 0 aromatic heterocycles. The Labute approximate surface area is 177 Å². The Morgan fingerprint density at radius 3 is 1.60 bits per heavy atom. The number of ether oxygens (including phenoxy) is 1. The van der Waals surface area contributed by atoms with Gasteiger partial charge >= 0.3 is 5.97 Å². The zero-order valence-electron chi connectivity index (χ0n) is 17.0. The molecule has 0 spiro atoms. The van der Waals surface area contributed by atoms with E-state index in [1.807, 2.05) is 31.2 Å². The van der Waals surface area contributed by atoms with Crippen LogP contribution < -0.4 is 0 Å². The molecule has 0 radical (unpaired) electrons. The Bertz CT molecular complexity index is 1130. The maximum Gasteiger partial charge on any atom is 0.334 e. The summed E-state index contributed by atoms with van der Waals surface area (Å²) in [5, 5.41) is 0. The highest BCUT2D eigenvalue weighted by Crippen LogP contribution is 2.61. The maximum absolute atomic E-state index is 13.1. The molecule has 5 rings (SSSR count). The van der Waals surface area contributed by atoms with Gasteiger partial charge in [-0.15, -0.1) is 0 Å². The third kappa shape index (κ3) is 3.00. The number of carbonyl (C=O) groups is 1. The number of fused-ring (bicyclic) bond motifs is 2. The summed E-state index contributed by atoms with van der Waals surface area (Å²) in [7, 11) is 0. The largest absolute Gasteiger partial charge is 0.463 e. The lowest BCUT2D eigenvalue weighted by Crippen LogP contribution is -2.17. The van der Waals surface area contributed by atoms with Crippen LogP contribution in [-0.2, 0) is 9.53 Å². The Hall–Kier alpha value is -3.39. The molecule has 148 valence electrons. The van der Waals surface area contributed by atoms with Crippen LogP contribution >= 0.6 is 0 Å². The minimum atomic E-state index is -0.176. The van der Waals surface area contributed by atoms with Gasteiger partial charge in [-0.25, -0.2) is 4.79 Å².